The molecule has 2 aromatic carbocycles. The number of carbonyl (C=O) groups is 2. The van der Waals surface area contributed by atoms with Crippen molar-refractivity contribution in [1.29, 1.82) is 0 Å². The quantitative estimate of drug-likeness (QED) is 0.570. The van der Waals surface area contributed by atoms with Crippen LogP contribution in [0.5, 0.6) is 11.5 Å². The van der Waals surface area contributed by atoms with Crippen LogP contribution in [0.1, 0.15) is 38.2 Å². The summed E-state index contributed by atoms with van der Waals surface area (Å²) in [6, 6.07) is 14.5. The Labute approximate surface area is 192 Å². The average Bonchev–Trinajstić information content (AvgIpc) is 3.29. The van der Waals surface area contributed by atoms with Crippen LogP contribution in [-0.2, 0) is 16.1 Å². The molecule has 31 heavy (non-hydrogen) atoms. The zero-order valence-electron chi connectivity index (χ0n) is 18.0. The molecule has 3 rings (SSSR count). The van der Waals surface area contributed by atoms with Crippen LogP contribution in [0.3, 0.4) is 0 Å². The lowest BCUT2D eigenvalue weighted by Gasteiger charge is -2.29. The summed E-state index contributed by atoms with van der Waals surface area (Å²) in [5, 5.41) is 3.10. The number of hydrogen-bond donors (Lipinski definition) is 1. The molecule has 2 amide bonds. The maximum Gasteiger partial charge on any atom is 0.261 e. The zero-order chi connectivity index (χ0) is 22.2. The summed E-state index contributed by atoms with van der Waals surface area (Å²) >= 11 is 3.43. The number of amides is 2. The predicted octanol–water partition coefficient (Wildman–Crippen LogP) is 4.31. The highest BCUT2D eigenvalue weighted by molar-refractivity contribution is 9.10. The minimum absolute atomic E-state index is 0.130. The molecular weight excluding hydrogens is 460 g/mol. The zero-order valence-corrected chi connectivity index (χ0v) is 19.6. The second kappa shape index (κ2) is 11.2. The van der Waals surface area contributed by atoms with Crippen molar-refractivity contribution in [3.05, 3.63) is 58.6 Å². The van der Waals surface area contributed by atoms with E-state index in [1.165, 1.54) is 0 Å². The maximum atomic E-state index is 13.1. The molecule has 1 N–H and O–H groups in total. The monoisotopic (exact) mass is 488 g/mol. The minimum Gasteiger partial charge on any atom is -0.493 e. The van der Waals surface area contributed by atoms with E-state index < -0.39 is 6.04 Å². The fourth-order valence-corrected chi connectivity index (χ4v) is 3.99. The molecule has 0 bridgehead atoms. The summed E-state index contributed by atoms with van der Waals surface area (Å²) < 4.78 is 12.0. The average molecular weight is 489 g/mol. The number of benzene rings is 2. The van der Waals surface area contributed by atoms with Gasteiger partial charge in [-0.05, 0) is 49.6 Å². The van der Waals surface area contributed by atoms with Crippen molar-refractivity contribution in [1.82, 2.24) is 10.2 Å². The minimum atomic E-state index is -0.613. The van der Waals surface area contributed by atoms with Gasteiger partial charge in [0.05, 0.1) is 7.11 Å². The van der Waals surface area contributed by atoms with Crippen molar-refractivity contribution in [2.75, 3.05) is 13.7 Å². The van der Waals surface area contributed by atoms with E-state index in [2.05, 4.69) is 21.2 Å². The molecule has 1 saturated carbocycles. The highest BCUT2D eigenvalue weighted by atomic mass is 79.9. The van der Waals surface area contributed by atoms with Crippen molar-refractivity contribution >= 4 is 27.7 Å². The molecule has 0 aromatic heterocycles. The third-order valence-corrected chi connectivity index (χ3v) is 6.08. The Morgan fingerprint density at radius 1 is 1.10 bits per heavy atom. The van der Waals surface area contributed by atoms with Crippen molar-refractivity contribution < 1.29 is 19.1 Å². The molecule has 2 aromatic rings. The van der Waals surface area contributed by atoms with Crippen molar-refractivity contribution in [2.24, 2.45) is 0 Å². The van der Waals surface area contributed by atoms with Gasteiger partial charge in [-0.1, -0.05) is 53.0 Å². The summed E-state index contributed by atoms with van der Waals surface area (Å²) in [4.78, 5) is 27.6. The lowest BCUT2D eigenvalue weighted by molar-refractivity contribution is -0.142. The number of para-hydroxylation sites is 2. The third-order valence-electron chi connectivity index (χ3n) is 5.56. The number of rotatable bonds is 9. The molecule has 1 aliphatic carbocycles. The SMILES string of the molecule is COc1ccccc1OCC(=O)N(Cc1ccc(Br)cc1)C(C)C(=O)NC1CCCC1. The molecule has 6 nitrogen and oxygen atoms in total. The Bertz CT molecular complexity index is 881. The molecule has 1 unspecified atom stereocenters. The molecule has 7 heteroatoms. The van der Waals surface area contributed by atoms with Gasteiger partial charge in [0.2, 0.25) is 5.91 Å². The molecule has 0 radical (unpaired) electrons. The molecule has 166 valence electrons. The standard InChI is InChI=1S/C24H29BrN2O4/c1-17(24(29)26-20-7-3-4-8-20)27(15-18-11-13-19(25)14-12-18)23(28)16-31-22-10-6-5-9-21(22)30-2/h5-6,9-14,17,20H,3-4,7-8,15-16H2,1-2H3,(H,26,29). The van der Waals surface area contributed by atoms with Gasteiger partial charge >= 0.3 is 0 Å². The summed E-state index contributed by atoms with van der Waals surface area (Å²) in [5.41, 5.74) is 0.939. The highest BCUT2D eigenvalue weighted by Crippen LogP contribution is 2.26. The Morgan fingerprint density at radius 3 is 2.39 bits per heavy atom. The number of halogens is 1. The van der Waals surface area contributed by atoms with Gasteiger partial charge in [0.1, 0.15) is 6.04 Å². The first kappa shape index (κ1) is 23.1. The number of ether oxygens (including phenoxy) is 2. The Kier molecular flexibility index (Phi) is 8.35. The molecule has 0 saturated heterocycles. The number of nitrogens with zero attached hydrogens (tertiary/aromatic N) is 1. The van der Waals surface area contributed by atoms with E-state index in [9.17, 15) is 9.59 Å². The van der Waals surface area contributed by atoms with Gasteiger partial charge in [-0.25, -0.2) is 0 Å². The van der Waals surface area contributed by atoms with Gasteiger partial charge < -0.3 is 19.7 Å². The molecule has 0 heterocycles. The van der Waals surface area contributed by atoms with E-state index in [0.29, 0.717) is 18.0 Å². The summed E-state index contributed by atoms with van der Waals surface area (Å²) in [6.45, 7) is 1.91. The molecule has 0 aliphatic heterocycles. The van der Waals surface area contributed by atoms with Crippen LogP contribution in [0.4, 0.5) is 0 Å². The van der Waals surface area contributed by atoms with E-state index >= 15 is 0 Å². The Morgan fingerprint density at radius 2 is 1.74 bits per heavy atom. The largest absolute Gasteiger partial charge is 0.493 e. The fraction of sp³-hybridized carbons (Fsp3) is 0.417. The van der Waals surface area contributed by atoms with Crippen LogP contribution in [0.2, 0.25) is 0 Å². The Hall–Kier alpha value is -2.54. The number of nitrogens with one attached hydrogen (secondary N) is 1. The van der Waals surface area contributed by atoms with Crippen molar-refractivity contribution in [3.63, 3.8) is 0 Å². The summed E-state index contributed by atoms with van der Waals surface area (Å²) in [7, 11) is 1.55. The molecule has 0 spiro atoms. The third kappa shape index (κ3) is 6.47. The molecule has 1 atom stereocenters. The summed E-state index contributed by atoms with van der Waals surface area (Å²) in [6.07, 6.45) is 4.26. The van der Waals surface area contributed by atoms with Crippen LogP contribution in [0, 0.1) is 0 Å². The first-order chi connectivity index (χ1) is 15.0. The van der Waals surface area contributed by atoms with Crippen LogP contribution in [0.25, 0.3) is 0 Å². The maximum absolute atomic E-state index is 13.1. The van der Waals surface area contributed by atoms with Gasteiger partial charge in [0.15, 0.2) is 18.1 Å². The van der Waals surface area contributed by atoms with Crippen LogP contribution in [0.15, 0.2) is 53.0 Å². The van der Waals surface area contributed by atoms with Crippen molar-refractivity contribution in [2.45, 2.75) is 51.2 Å². The highest BCUT2D eigenvalue weighted by Gasteiger charge is 2.28. The van der Waals surface area contributed by atoms with Crippen LogP contribution < -0.4 is 14.8 Å². The smallest absolute Gasteiger partial charge is 0.261 e. The molecular formula is C24H29BrN2O4. The lowest BCUT2D eigenvalue weighted by Crippen LogP contribution is -2.50. The first-order valence-electron chi connectivity index (χ1n) is 10.6. The van der Waals surface area contributed by atoms with Crippen LogP contribution in [-0.4, -0.2) is 42.5 Å². The molecule has 1 fully saturated rings. The first-order valence-corrected chi connectivity index (χ1v) is 11.4. The van der Waals surface area contributed by atoms with E-state index in [1.807, 2.05) is 36.4 Å². The lowest BCUT2D eigenvalue weighted by atomic mass is 10.1. The predicted molar refractivity (Wildman–Crippen MR) is 123 cm³/mol. The number of methoxy groups -OCH3 is 1. The van der Waals surface area contributed by atoms with Crippen LogP contribution >= 0.6 is 15.9 Å². The van der Waals surface area contributed by atoms with E-state index in [-0.39, 0.29) is 24.5 Å². The fourth-order valence-electron chi connectivity index (χ4n) is 3.72. The normalized spacial score (nSPS) is 14.7. The van der Waals surface area contributed by atoms with E-state index in [1.54, 1.807) is 31.1 Å². The molecule has 1 aliphatic rings. The second-order valence-corrected chi connectivity index (χ2v) is 8.67. The topological polar surface area (TPSA) is 67.9 Å². The van der Waals surface area contributed by atoms with Gasteiger partial charge in [-0.15, -0.1) is 0 Å². The van der Waals surface area contributed by atoms with Gasteiger partial charge in [0.25, 0.3) is 5.91 Å². The van der Waals surface area contributed by atoms with Gasteiger partial charge in [-0.3, -0.25) is 9.59 Å². The van der Waals surface area contributed by atoms with Gasteiger partial charge in [0, 0.05) is 17.1 Å². The van der Waals surface area contributed by atoms with Gasteiger partial charge in [-0.2, -0.15) is 0 Å². The number of carbonyl (C=O) groups excluding carboxylic acids is 2. The summed E-state index contributed by atoms with van der Waals surface area (Å²) in [5.74, 6) is 0.657. The number of hydrogen-bond acceptors (Lipinski definition) is 4. The van der Waals surface area contributed by atoms with Crippen molar-refractivity contribution in [3.8, 4) is 11.5 Å². The van der Waals surface area contributed by atoms with E-state index in [0.717, 1.165) is 35.7 Å². The Balaban J connectivity index is 1.72. The second-order valence-electron chi connectivity index (χ2n) is 7.75. The van der Waals surface area contributed by atoms with E-state index in [4.69, 9.17) is 9.47 Å².